The average molecular weight is 348 g/mol. The van der Waals surface area contributed by atoms with Gasteiger partial charge in [0.15, 0.2) is 23.3 Å². The van der Waals surface area contributed by atoms with Crippen LogP contribution in [-0.4, -0.2) is 14.9 Å². The zero-order valence-corrected chi connectivity index (χ0v) is 10.7. The van der Waals surface area contributed by atoms with Crippen molar-refractivity contribution in [3.8, 4) is 0 Å². The molecule has 2 aromatic heterocycles. The van der Waals surface area contributed by atoms with Gasteiger partial charge in [0.25, 0.3) is 23.8 Å². The average Bonchev–Trinajstić information content (AvgIpc) is 2.44. The Balaban J connectivity index is 2.77. The van der Waals surface area contributed by atoms with E-state index in [1.165, 1.54) is 0 Å². The minimum atomic E-state index is -3.86. The molecule has 0 spiro atoms. The molecule has 0 aliphatic rings. The number of aromatic nitrogens is 2. The molecule has 0 radical (unpaired) electrons. The van der Waals surface area contributed by atoms with Crippen molar-refractivity contribution in [3.05, 3.63) is 47.1 Å². The summed E-state index contributed by atoms with van der Waals surface area (Å²) in [5.74, 6) is -17.9. The molecule has 1 N–H and O–H groups in total. The van der Waals surface area contributed by atoms with Crippen LogP contribution in [0.15, 0.2) is 0 Å². The molecule has 2 heterocycles. The van der Waals surface area contributed by atoms with Crippen LogP contribution in [0.1, 0.15) is 0 Å². The van der Waals surface area contributed by atoms with Gasteiger partial charge in [0.1, 0.15) is 8.15 Å². The summed E-state index contributed by atoms with van der Waals surface area (Å²) in [7, 11) is -3.86. The molecule has 0 amide bonds. The van der Waals surface area contributed by atoms with Crippen LogP contribution >= 0.6 is 8.15 Å². The van der Waals surface area contributed by atoms with Crippen molar-refractivity contribution in [3.63, 3.8) is 0 Å². The van der Waals surface area contributed by atoms with E-state index in [9.17, 15) is 40.0 Å². The van der Waals surface area contributed by atoms with Gasteiger partial charge in [0, 0.05) is 0 Å². The highest BCUT2D eigenvalue weighted by Gasteiger charge is 2.34. The summed E-state index contributed by atoms with van der Waals surface area (Å²) < 4.78 is 105. The molecule has 12 heteroatoms. The first-order valence-electron chi connectivity index (χ1n) is 5.05. The molecule has 0 aliphatic heterocycles. The summed E-state index contributed by atoms with van der Waals surface area (Å²) in [6, 6.07) is 0. The molecular weight excluding hydrogens is 347 g/mol. The maximum atomic E-state index is 13.4. The van der Waals surface area contributed by atoms with Crippen molar-refractivity contribution in [2.24, 2.45) is 0 Å². The smallest absolute Gasteiger partial charge is 0.252 e. The van der Waals surface area contributed by atoms with Crippen molar-refractivity contribution in [2.75, 3.05) is 0 Å². The maximum Gasteiger partial charge on any atom is 0.252 e. The number of hydrogen-bond donors (Lipinski definition) is 1. The minimum absolute atomic E-state index is 1.84. The Hall–Kier alpha value is -1.87. The second kappa shape index (κ2) is 5.73. The fraction of sp³-hybridized carbons (Fsp3) is 0. The molecule has 2 aromatic rings. The van der Waals surface area contributed by atoms with E-state index in [0.29, 0.717) is 0 Å². The third kappa shape index (κ3) is 2.50. The number of nitrogens with zero attached hydrogens (tertiary/aromatic N) is 2. The van der Waals surface area contributed by atoms with Crippen molar-refractivity contribution in [1.82, 2.24) is 9.97 Å². The Morgan fingerprint density at radius 1 is 0.545 bits per heavy atom. The van der Waals surface area contributed by atoms with Crippen molar-refractivity contribution < 1.29 is 40.0 Å². The Bertz CT molecular complexity index is 656. The van der Waals surface area contributed by atoms with Gasteiger partial charge in [0.2, 0.25) is 0 Å². The van der Waals surface area contributed by atoms with Gasteiger partial charge < -0.3 is 4.89 Å². The molecule has 118 valence electrons. The molecule has 22 heavy (non-hydrogen) atoms. The van der Waals surface area contributed by atoms with E-state index < -0.39 is 65.8 Å². The Morgan fingerprint density at radius 3 is 1.00 bits per heavy atom. The highest BCUT2D eigenvalue weighted by Crippen LogP contribution is 2.34. The molecule has 0 fully saturated rings. The van der Waals surface area contributed by atoms with Gasteiger partial charge in [-0.05, 0) is 0 Å². The maximum absolute atomic E-state index is 13.4. The number of hydrogen-bond acceptors (Lipinski definition) is 3. The van der Waals surface area contributed by atoms with E-state index in [1.54, 1.807) is 0 Å². The van der Waals surface area contributed by atoms with Gasteiger partial charge in [-0.1, -0.05) is 0 Å². The first-order valence-corrected chi connectivity index (χ1v) is 6.35. The zero-order valence-electron chi connectivity index (χ0n) is 9.81. The van der Waals surface area contributed by atoms with Crippen LogP contribution in [0.2, 0.25) is 0 Å². The third-order valence-electron chi connectivity index (χ3n) is 2.37. The van der Waals surface area contributed by atoms with Crippen molar-refractivity contribution >= 4 is 18.8 Å². The third-order valence-corrected chi connectivity index (χ3v) is 4.00. The van der Waals surface area contributed by atoms with Crippen LogP contribution in [0.25, 0.3) is 0 Å². The summed E-state index contributed by atoms with van der Waals surface area (Å²) in [5.41, 5.74) is 0. The molecule has 0 aromatic carbocycles. The van der Waals surface area contributed by atoms with Gasteiger partial charge >= 0.3 is 0 Å². The summed E-state index contributed by atoms with van der Waals surface area (Å²) in [6.07, 6.45) is 0. The summed E-state index contributed by atoms with van der Waals surface area (Å²) in [4.78, 5) is 13.9. The van der Waals surface area contributed by atoms with Gasteiger partial charge in [0.05, 0.1) is 10.6 Å². The summed E-state index contributed by atoms with van der Waals surface area (Å²) in [5, 5.41) is -3.69. The van der Waals surface area contributed by atoms with E-state index in [2.05, 4.69) is 9.97 Å². The normalized spacial score (nSPS) is 11.4. The molecule has 3 nitrogen and oxygen atoms in total. The Labute approximate surface area is 117 Å². The van der Waals surface area contributed by atoms with E-state index in [4.69, 9.17) is 0 Å². The fourth-order valence-corrected chi connectivity index (χ4v) is 2.77. The predicted molar refractivity (Wildman–Crippen MR) is 56.5 cm³/mol. The second-order valence-electron chi connectivity index (χ2n) is 3.65. The van der Waals surface area contributed by atoms with Crippen LogP contribution in [-0.2, 0) is 0 Å². The topological polar surface area (TPSA) is 46.0 Å². The molecule has 2 rings (SSSR count). The fourth-order valence-electron chi connectivity index (χ4n) is 1.44. The van der Waals surface area contributed by atoms with Crippen LogP contribution < -0.4 is 10.6 Å². The molecule has 0 saturated heterocycles. The quantitative estimate of drug-likeness (QED) is 0.513. The Morgan fingerprint density at radius 2 is 0.773 bits per heavy atom. The molecule has 0 bridgehead atoms. The SMILES string of the molecule is OP(c1c(F)c(F)nc(F)c1F)c1c(F)c(F)nc(F)c1F. The lowest BCUT2D eigenvalue weighted by atomic mass is 10.4. The monoisotopic (exact) mass is 348 g/mol. The number of pyridine rings is 2. The van der Waals surface area contributed by atoms with E-state index in [-0.39, 0.29) is 0 Å². The Kier molecular flexibility index (Phi) is 4.30. The molecule has 0 saturated carbocycles. The minimum Gasteiger partial charge on any atom is -0.364 e. The molecule has 0 atom stereocenters. The van der Waals surface area contributed by atoms with Crippen LogP contribution in [0, 0.1) is 47.1 Å². The van der Waals surface area contributed by atoms with Gasteiger partial charge in [-0.15, -0.1) is 0 Å². The van der Waals surface area contributed by atoms with Crippen LogP contribution in [0.4, 0.5) is 35.1 Å². The number of halogens is 8. The molecule has 0 unspecified atom stereocenters. The first-order chi connectivity index (χ1) is 10.2. The molecular formula is C10HF8N2OP. The predicted octanol–water partition coefficient (Wildman–Crippen LogP) is 1.93. The van der Waals surface area contributed by atoms with Gasteiger partial charge in [-0.3, -0.25) is 0 Å². The lowest BCUT2D eigenvalue weighted by molar-refractivity contribution is 0.410. The first kappa shape index (κ1) is 16.5. The van der Waals surface area contributed by atoms with E-state index in [0.717, 1.165) is 0 Å². The number of rotatable bonds is 2. The lowest BCUT2D eigenvalue weighted by Crippen LogP contribution is -2.28. The van der Waals surface area contributed by atoms with Crippen molar-refractivity contribution in [1.29, 1.82) is 0 Å². The molecule has 0 aliphatic carbocycles. The summed E-state index contributed by atoms with van der Waals surface area (Å²) in [6.45, 7) is 0. The highest BCUT2D eigenvalue weighted by atomic mass is 31.1. The van der Waals surface area contributed by atoms with Crippen LogP contribution in [0.3, 0.4) is 0 Å². The summed E-state index contributed by atoms with van der Waals surface area (Å²) >= 11 is 0. The van der Waals surface area contributed by atoms with Crippen LogP contribution in [0.5, 0.6) is 0 Å². The largest absolute Gasteiger partial charge is 0.364 e. The lowest BCUT2D eigenvalue weighted by Gasteiger charge is -2.15. The second-order valence-corrected chi connectivity index (χ2v) is 5.17. The zero-order chi connectivity index (χ0) is 16.8. The highest BCUT2D eigenvalue weighted by molar-refractivity contribution is 7.67. The van der Waals surface area contributed by atoms with Gasteiger partial charge in [-0.2, -0.15) is 27.5 Å². The van der Waals surface area contributed by atoms with Gasteiger partial charge in [-0.25, -0.2) is 17.6 Å². The van der Waals surface area contributed by atoms with Crippen molar-refractivity contribution in [2.45, 2.75) is 0 Å². The van der Waals surface area contributed by atoms with E-state index in [1.807, 2.05) is 0 Å². The van der Waals surface area contributed by atoms with E-state index >= 15 is 0 Å². The standard InChI is InChI=1S/C10HF8N2OP/c11-1-5(2(12)8(16)19-7(1)15)22(21)6-3(13)9(17)20-10(18)4(6)14/h21H.